The largest absolute Gasteiger partial charge is 0.435 e. The van der Waals surface area contributed by atoms with Crippen molar-refractivity contribution in [3.63, 3.8) is 0 Å². The lowest BCUT2D eigenvalue weighted by molar-refractivity contribution is -0.0498. The Balaban J connectivity index is 1.90. The number of carbonyl (C=O) groups is 1. The molecule has 0 aliphatic rings. The van der Waals surface area contributed by atoms with Gasteiger partial charge in [-0.2, -0.15) is 8.78 Å². The van der Waals surface area contributed by atoms with Crippen LogP contribution in [0.25, 0.3) is 0 Å². The fraction of sp³-hybridized carbons (Fsp3) is 0.333. The first-order chi connectivity index (χ1) is 13.9. The van der Waals surface area contributed by atoms with Gasteiger partial charge in [0.05, 0.1) is 0 Å². The molecule has 2 aromatic carbocycles. The molecule has 29 heavy (non-hydrogen) atoms. The molecule has 0 aromatic heterocycles. The molecule has 156 valence electrons. The molecular weight excluding hydrogens is 378 g/mol. The SMILES string of the molecule is CCNC(=O)c1ccc(CNC(=NC)N(C)Cc2ccc(OC(F)F)cc2)cc1. The van der Waals surface area contributed by atoms with Crippen LogP contribution < -0.4 is 15.4 Å². The molecule has 2 aromatic rings. The number of guanidine groups is 1. The van der Waals surface area contributed by atoms with Crippen LogP contribution in [-0.4, -0.2) is 44.0 Å². The lowest BCUT2D eigenvalue weighted by Gasteiger charge is -2.22. The van der Waals surface area contributed by atoms with Crippen LogP contribution in [0.2, 0.25) is 0 Å². The zero-order valence-corrected chi connectivity index (χ0v) is 16.8. The second-order valence-electron chi connectivity index (χ2n) is 6.34. The summed E-state index contributed by atoms with van der Waals surface area (Å²) in [7, 11) is 3.58. The zero-order valence-electron chi connectivity index (χ0n) is 16.8. The van der Waals surface area contributed by atoms with E-state index >= 15 is 0 Å². The van der Waals surface area contributed by atoms with Gasteiger partial charge in [0, 0.05) is 39.3 Å². The number of hydrogen-bond donors (Lipinski definition) is 2. The highest BCUT2D eigenvalue weighted by atomic mass is 19.3. The monoisotopic (exact) mass is 404 g/mol. The van der Waals surface area contributed by atoms with Crippen molar-refractivity contribution in [1.29, 1.82) is 0 Å². The number of hydrogen-bond acceptors (Lipinski definition) is 3. The minimum atomic E-state index is -2.83. The van der Waals surface area contributed by atoms with Crippen molar-refractivity contribution in [3.8, 4) is 5.75 Å². The topological polar surface area (TPSA) is 66.0 Å². The average molecular weight is 404 g/mol. The van der Waals surface area contributed by atoms with E-state index in [1.54, 1.807) is 31.3 Å². The van der Waals surface area contributed by atoms with Gasteiger partial charge in [-0.15, -0.1) is 0 Å². The van der Waals surface area contributed by atoms with E-state index in [0.717, 1.165) is 11.1 Å². The quantitative estimate of drug-likeness (QED) is 0.524. The Morgan fingerprint density at radius 1 is 1.07 bits per heavy atom. The maximum absolute atomic E-state index is 12.2. The van der Waals surface area contributed by atoms with E-state index in [4.69, 9.17) is 0 Å². The van der Waals surface area contributed by atoms with Gasteiger partial charge in [0.25, 0.3) is 5.91 Å². The molecule has 0 saturated carbocycles. The lowest BCUT2D eigenvalue weighted by atomic mass is 10.1. The molecule has 2 N–H and O–H groups in total. The second kappa shape index (κ2) is 11.0. The third-order valence-corrected chi connectivity index (χ3v) is 4.15. The van der Waals surface area contributed by atoms with Crippen molar-refractivity contribution in [3.05, 3.63) is 65.2 Å². The maximum atomic E-state index is 12.2. The predicted octanol–water partition coefficient (Wildman–Crippen LogP) is 3.25. The number of amides is 1. The van der Waals surface area contributed by atoms with Crippen molar-refractivity contribution >= 4 is 11.9 Å². The van der Waals surface area contributed by atoms with E-state index < -0.39 is 6.61 Å². The summed E-state index contributed by atoms with van der Waals surface area (Å²) in [5, 5.41) is 6.03. The molecule has 0 unspecified atom stereocenters. The van der Waals surface area contributed by atoms with Gasteiger partial charge in [-0.25, -0.2) is 0 Å². The van der Waals surface area contributed by atoms with Crippen molar-refractivity contribution in [2.24, 2.45) is 4.99 Å². The summed E-state index contributed by atoms with van der Waals surface area (Å²) >= 11 is 0. The maximum Gasteiger partial charge on any atom is 0.387 e. The molecule has 1 amide bonds. The van der Waals surface area contributed by atoms with E-state index in [-0.39, 0.29) is 11.7 Å². The number of benzene rings is 2. The summed E-state index contributed by atoms with van der Waals surface area (Å²) in [6.07, 6.45) is 0. The van der Waals surface area contributed by atoms with Crippen LogP contribution in [0.1, 0.15) is 28.4 Å². The highest BCUT2D eigenvalue weighted by Crippen LogP contribution is 2.15. The Morgan fingerprint density at radius 3 is 2.24 bits per heavy atom. The zero-order chi connectivity index (χ0) is 21.2. The summed E-state index contributed by atoms with van der Waals surface area (Å²) in [5.74, 6) is 0.725. The molecule has 0 fully saturated rings. The third-order valence-electron chi connectivity index (χ3n) is 4.15. The van der Waals surface area contributed by atoms with Crippen LogP contribution in [0.5, 0.6) is 5.75 Å². The second-order valence-corrected chi connectivity index (χ2v) is 6.34. The number of alkyl halides is 2. The predicted molar refractivity (Wildman–Crippen MR) is 109 cm³/mol. The summed E-state index contributed by atoms with van der Waals surface area (Å²) in [6.45, 7) is 0.733. The van der Waals surface area contributed by atoms with Crippen molar-refractivity contribution in [2.45, 2.75) is 26.6 Å². The summed E-state index contributed by atoms with van der Waals surface area (Å²) in [5.41, 5.74) is 2.57. The molecule has 0 bridgehead atoms. The van der Waals surface area contributed by atoms with E-state index in [9.17, 15) is 13.6 Å². The fourth-order valence-electron chi connectivity index (χ4n) is 2.73. The Morgan fingerprint density at radius 2 is 1.69 bits per heavy atom. The minimum Gasteiger partial charge on any atom is -0.435 e. The molecule has 0 aliphatic carbocycles. The van der Waals surface area contributed by atoms with Gasteiger partial charge in [0.15, 0.2) is 5.96 Å². The average Bonchev–Trinajstić information content (AvgIpc) is 2.70. The molecule has 0 radical (unpaired) electrons. The number of nitrogens with one attached hydrogen (secondary N) is 2. The van der Waals surface area contributed by atoms with Gasteiger partial charge >= 0.3 is 6.61 Å². The first kappa shape index (κ1) is 22.1. The molecule has 0 aliphatic heterocycles. The van der Waals surface area contributed by atoms with Gasteiger partial charge in [-0.1, -0.05) is 24.3 Å². The van der Waals surface area contributed by atoms with Crippen LogP contribution in [0.4, 0.5) is 8.78 Å². The highest BCUT2D eigenvalue weighted by Gasteiger charge is 2.09. The number of aliphatic imine (C=N–C) groups is 1. The van der Waals surface area contributed by atoms with E-state index in [1.807, 2.05) is 31.0 Å². The van der Waals surface area contributed by atoms with Gasteiger partial charge in [0.2, 0.25) is 0 Å². The Labute approximate surface area is 169 Å². The van der Waals surface area contributed by atoms with Gasteiger partial charge < -0.3 is 20.3 Å². The first-order valence-corrected chi connectivity index (χ1v) is 9.25. The Bertz CT molecular complexity index is 808. The Hall–Kier alpha value is -3.16. The first-order valence-electron chi connectivity index (χ1n) is 9.25. The van der Waals surface area contributed by atoms with Gasteiger partial charge in [0.1, 0.15) is 5.75 Å². The summed E-state index contributed by atoms with van der Waals surface area (Å²) in [6, 6.07) is 13.9. The van der Waals surface area contributed by atoms with Crippen LogP contribution in [0.3, 0.4) is 0 Å². The van der Waals surface area contributed by atoms with Crippen LogP contribution >= 0.6 is 0 Å². The van der Waals surface area contributed by atoms with Crippen molar-refractivity contribution in [2.75, 3.05) is 20.6 Å². The molecule has 0 spiro atoms. The molecule has 0 heterocycles. The lowest BCUT2D eigenvalue weighted by Crippen LogP contribution is -2.38. The molecule has 0 saturated heterocycles. The van der Waals surface area contributed by atoms with Crippen molar-refractivity contribution in [1.82, 2.24) is 15.5 Å². The molecule has 8 heteroatoms. The molecular formula is C21H26F2N4O2. The standard InChI is InChI=1S/C21H26F2N4O2/c1-4-25-19(28)17-9-5-15(6-10-17)13-26-21(24-2)27(3)14-16-7-11-18(12-8-16)29-20(22)23/h5-12,20H,4,13-14H2,1-3H3,(H,24,26)(H,25,28). The number of carbonyl (C=O) groups excluding carboxylic acids is 1. The van der Waals surface area contributed by atoms with E-state index in [1.165, 1.54) is 12.1 Å². The Kier molecular flexibility index (Phi) is 8.39. The van der Waals surface area contributed by atoms with Crippen LogP contribution in [0.15, 0.2) is 53.5 Å². The smallest absolute Gasteiger partial charge is 0.387 e. The number of ether oxygens (including phenoxy) is 1. The van der Waals surface area contributed by atoms with Gasteiger partial charge in [-0.3, -0.25) is 9.79 Å². The van der Waals surface area contributed by atoms with Crippen LogP contribution in [-0.2, 0) is 13.1 Å². The molecule has 2 rings (SSSR count). The van der Waals surface area contributed by atoms with Crippen molar-refractivity contribution < 1.29 is 18.3 Å². The van der Waals surface area contributed by atoms with E-state index in [2.05, 4.69) is 20.4 Å². The normalized spacial score (nSPS) is 11.3. The number of rotatable bonds is 8. The fourth-order valence-corrected chi connectivity index (χ4v) is 2.73. The summed E-state index contributed by atoms with van der Waals surface area (Å²) < 4.78 is 28.8. The number of nitrogens with zero attached hydrogens (tertiary/aromatic N) is 2. The highest BCUT2D eigenvalue weighted by molar-refractivity contribution is 5.94. The molecule has 0 atom stereocenters. The third kappa shape index (κ3) is 7.06. The summed E-state index contributed by atoms with van der Waals surface area (Å²) in [4.78, 5) is 18.0. The minimum absolute atomic E-state index is 0.0903. The molecule has 6 nitrogen and oxygen atoms in total. The van der Waals surface area contributed by atoms with Crippen LogP contribution in [0, 0.1) is 0 Å². The van der Waals surface area contributed by atoms with Gasteiger partial charge in [-0.05, 0) is 42.3 Å². The van der Waals surface area contributed by atoms with E-state index in [0.29, 0.717) is 31.2 Å². The number of halogens is 2.